The zero-order valence-corrected chi connectivity index (χ0v) is 15.3. The molecule has 146 valence electrons. The van der Waals surface area contributed by atoms with Crippen molar-refractivity contribution in [2.24, 2.45) is 17.6 Å². The molecule has 4 atom stereocenters. The van der Waals surface area contributed by atoms with Gasteiger partial charge in [-0.15, -0.1) is 11.8 Å². The number of aliphatic hydroxyl groups excluding tert-OH is 2. The lowest BCUT2D eigenvalue weighted by molar-refractivity contribution is -0.163. The van der Waals surface area contributed by atoms with Crippen LogP contribution in [-0.4, -0.2) is 69.1 Å². The van der Waals surface area contributed by atoms with E-state index in [1.165, 1.54) is 23.6 Å². The molecule has 26 heavy (non-hydrogen) atoms. The van der Waals surface area contributed by atoms with Crippen molar-refractivity contribution in [1.82, 2.24) is 15.8 Å². The van der Waals surface area contributed by atoms with Crippen LogP contribution in [0.5, 0.6) is 0 Å². The number of guanidine groups is 1. The summed E-state index contributed by atoms with van der Waals surface area (Å²) in [6.45, 7) is 1.93. The molecular formula is C15H25N5O5S. The number of nitrogens with one attached hydrogen (secondary N) is 3. The van der Waals surface area contributed by atoms with E-state index in [1.54, 1.807) is 0 Å². The van der Waals surface area contributed by atoms with Crippen molar-refractivity contribution >= 4 is 29.6 Å². The Morgan fingerprint density at radius 1 is 1.50 bits per heavy atom. The number of aliphatic hydroxyl groups is 2. The minimum Gasteiger partial charge on any atom is -0.477 e. The zero-order chi connectivity index (χ0) is 19.4. The highest BCUT2D eigenvalue weighted by molar-refractivity contribution is 8.03. The third-order valence-corrected chi connectivity index (χ3v) is 5.72. The van der Waals surface area contributed by atoms with Gasteiger partial charge in [-0.1, -0.05) is 0 Å². The molecule has 1 fully saturated rings. The highest BCUT2D eigenvalue weighted by Crippen LogP contribution is 2.52. The summed E-state index contributed by atoms with van der Waals surface area (Å²) in [7, 11) is 0. The average Bonchev–Trinajstić information content (AvgIpc) is 2.82. The minimum absolute atomic E-state index is 0.0322. The molecule has 2 aliphatic rings. The summed E-state index contributed by atoms with van der Waals surface area (Å²) in [5.74, 6) is -2.25. The monoisotopic (exact) mass is 387 g/mol. The predicted octanol–water partition coefficient (Wildman–Crippen LogP) is -1.39. The van der Waals surface area contributed by atoms with Gasteiger partial charge in [0.1, 0.15) is 5.70 Å². The Morgan fingerprint density at radius 3 is 2.73 bits per heavy atom. The molecule has 8 N–H and O–H groups in total. The van der Waals surface area contributed by atoms with Crippen LogP contribution in [0.1, 0.15) is 19.8 Å². The lowest BCUT2D eigenvalue weighted by atomic mass is 9.77. The van der Waals surface area contributed by atoms with Gasteiger partial charge >= 0.3 is 5.97 Å². The van der Waals surface area contributed by atoms with Crippen LogP contribution in [0.15, 0.2) is 10.6 Å². The number of nitrogens with two attached hydrogens (primary N) is 1. The number of hydrogen-bond donors (Lipinski definition) is 7. The standard InChI is InChI=1S/C15H25N5O5S/c1-7(22)9-10-8(3-2-4-18-19-15(16)17)12(26-6-5-21)11(14(24)25)20(10)13(9)23/h7-10,18,21-22H,2-6H2,1H3,(H,24,25)(H4,16,17,19)/t7-,8-,9-,10-/m1/s1. The Morgan fingerprint density at radius 2 is 2.19 bits per heavy atom. The number of hydrogen-bond acceptors (Lipinski definition) is 7. The lowest BCUT2D eigenvalue weighted by Crippen LogP contribution is -2.63. The van der Waals surface area contributed by atoms with E-state index in [9.17, 15) is 19.8 Å². The summed E-state index contributed by atoms with van der Waals surface area (Å²) < 4.78 is 0. The number of fused-ring (bicyclic) bond motifs is 1. The fourth-order valence-corrected chi connectivity index (χ4v) is 4.68. The maximum absolute atomic E-state index is 12.4. The fraction of sp³-hybridized carbons (Fsp3) is 0.667. The number of hydrazine groups is 1. The van der Waals surface area contributed by atoms with Crippen LogP contribution in [0.25, 0.3) is 0 Å². The van der Waals surface area contributed by atoms with Crippen molar-refractivity contribution in [3.05, 3.63) is 10.6 Å². The molecule has 2 heterocycles. The highest BCUT2D eigenvalue weighted by Gasteiger charge is 2.60. The number of β-lactam (4-membered cyclic amide) rings is 1. The van der Waals surface area contributed by atoms with Gasteiger partial charge in [0.2, 0.25) is 5.91 Å². The van der Waals surface area contributed by atoms with Crippen LogP contribution >= 0.6 is 11.8 Å². The Balaban J connectivity index is 2.17. The normalized spacial score (nSPS) is 25.7. The summed E-state index contributed by atoms with van der Waals surface area (Å²) in [5, 5.41) is 35.7. The van der Waals surface area contributed by atoms with Crippen LogP contribution in [0.4, 0.5) is 0 Å². The van der Waals surface area contributed by atoms with Crippen LogP contribution in [0.3, 0.4) is 0 Å². The molecule has 0 radical (unpaired) electrons. The molecule has 0 aliphatic carbocycles. The molecule has 2 aliphatic heterocycles. The number of thioether (sulfide) groups is 1. The molecule has 0 aromatic rings. The first-order valence-corrected chi connectivity index (χ1v) is 9.35. The molecule has 1 amide bonds. The summed E-state index contributed by atoms with van der Waals surface area (Å²) >= 11 is 1.24. The van der Waals surface area contributed by atoms with Crippen molar-refractivity contribution in [2.45, 2.75) is 31.9 Å². The van der Waals surface area contributed by atoms with Gasteiger partial charge in [-0.3, -0.25) is 15.6 Å². The largest absolute Gasteiger partial charge is 0.477 e. The summed E-state index contributed by atoms with van der Waals surface area (Å²) in [6, 6.07) is -0.379. The van der Waals surface area contributed by atoms with Crippen molar-refractivity contribution < 1.29 is 24.9 Å². The SMILES string of the molecule is C[C@@H](O)[C@H]1C(=O)N2C(C(=O)O)=C(SCCO)[C@H](CCCNNC(=N)N)[C@H]12. The smallest absolute Gasteiger partial charge is 0.353 e. The van der Waals surface area contributed by atoms with E-state index in [2.05, 4.69) is 10.9 Å². The molecule has 0 spiro atoms. The van der Waals surface area contributed by atoms with Crippen LogP contribution in [0.2, 0.25) is 0 Å². The highest BCUT2D eigenvalue weighted by atomic mass is 32.2. The van der Waals surface area contributed by atoms with Crippen molar-refractivity contribution in [1.29, 1.82) is 5.41 Å². The first-order valence-electron chi connectivity index (χ1n) is 8.36. The third kappa shape index (κ3) is 3.95. The van der Waals surface area contributed by atoms with Crippen LogP contribution in [0, 0.1) is 17.2 Å². The number of carbonyl (C=O) groups is 2. The number of carboxylic acids is 1. The maximum Gasteiger partial charge on any atom is 0.353 e. The molecule has 2 rings (SSSR count). The maximum atomic E-state index is 12.4. The third-order valence-electron chi connectivity index (χ3n) is 4.52. The van der Waals surface area contributed by atoms with Gasteiger partial charge in [-0.25, -0.2) is 10.2 Å². The second kappa shape index (κ2) is 8.71. The Hall–Kier alpha value is -1.82. The Kier molecular flexibility index (Phi) is 6.87. The molecule has 11 heteroatoms. The number of nitrogens with zero attached hydrogens (tertiary/aromatic N) is 1. The average molecular weight is 387 g/mol. The minimum atomic E-state index is -1.17. The molecule has 1 saturated heterocycles. The van der Waals surface area contributed by atoms with E-state index >= 15 is 0 Å². The molecular weight excluding hydrogens is 362 g/mol. The number of rotatable bonds is 10. The fourth-order valence-electron chi connectivity index (χ4n) is 3.57. The van der Waals surface area contributed by atoms with Gasteiger partial charge in [0.15, 0.2) is 5.96 Å². The Labute approximate surface area is 155 Å². The molecule has 10 nitrogen and oxygen atoms in total. The van der Waals surface area contributed by atoms with E-state index in [1.807, 2.05) is 0 Å². The number of amides is 1. The second-order valence-electron chi connectivity index (χ2n) is 6.27. The molecule has 0 aromatic heterocycles. The summed E-state index contributed by atoms with van der Waals surface area (Å²) in [4.78, 5) is 26.0. The molecule has 0 bridgehead atoms. The van der Waals surface area contributed by atoms with Gasteiger partial charge in [-0.2, -0.15) is 0 Å². The van der Waals surface area contributed by atoms with Crippen LogP contribution in [-0.2, 0) is 9.59 Å². The van der Waals surface area contributed by atoms with Crippen molar-refractivity contribution in [3.8, 4) is 0 Å². The number of carbonyl (C=O) groups excluding carboxylic acids is 1. The van der Waals surface area contributed by atoms with Gasteiger partial charge in [-0.05, 0) is 19.8 Å². The Bertz CT molecular complexity index is 611. The van der Waals surface area contributed by atoms with E-state index in [4.69, 9.17) is 16.2 Å². The van der Waals surface area contributed by atoms with E-state index < -0.39 is 18.0 Å². The molecule has 0 unspecified atom stereocenters. The van der Waals surface area contributed by atoms with E-state index in [0.29, 0.717) is 30.0 Å². The first-order chi connectivity index (χ1) is 12.3. The number of aliphatic carboxylic acids is 1. The van der Waals surface area contributed by atoms with Gasteiger partial charge < -0.3 is 26.0 Å². The molecule has 0 saturated carbocycles. The van der Waals surface area contributed by atoms with Crippen molar-refractivity contribution in [2.75, 3.05) is 18.9 Å². The first kappa shape index (κ1) is 20.5. The second-order valence-corrected chi connectivity index (χ2v) is 7.41. The van der Waals surface area contributed by atoms with Crippen LogP contribution < -0.4 is 16.6 Å². The topological polar surface area (TPSA) is 172 Å². The van der Waals surface area contributed by atoms with Gasteiger partial charge in [0.25, 0.3) is 0 Å². The summed E-state index contributed by atoms with van der Waals surface area (Å²) in [6.07, 6.45) is 0.377. The number of carboxylic acid groups (broad SMARTS) is 1. The predicted molar refractivity (Wildman–Crippen MR) is 95.8 cm³/mol. The van der Waals surface area contributed by atoms with Crippen molar-refractivity contribution in [3.63, 3.8) is 0 Å². The quantitative estimate of drug-likeness (QED) is 0.0783. The zero-order valence-electron chi connectivity index (χ0n) is 14.4. The molecule has 0 aromatic carbocycles. The van der Waals surface area contributed by atoms with Gasteiger partial charge in [0, 0.05) is 23.1 Å². The van der Waals surface area contributed by atoms with Gasteiger partial charge in [0.05, 0.1) is 24.7 Å². The van der Waals surface area contributed by atoms with E-state index in [0.717, 1.165) is 0 Å². The van der Waals surface area contributed by atoms with E-state index in [-0.39, 0.29) is 36.1 Å². The lowest BCUT2D eigenvalue weighted by Gasteiger charge is -2.47. The summed E-state index contributed by atoms with van der Waals surface area (Å²) in [5.41, 5.74) is 10.4.